The van der Waals surface area contributed by atoms with Gasteiger partial charge in [0.1, 0.15) is 0 Å². The molecule has 1 amide bonds. The fourth-order valence-electron chi connectivity index (χ4n) is 4.82. The highest BCUT2D eigenvalue weighted by Crippen LogP contribution is 2.44. The normalized spacial score (nSPS) is 25.3. The van der Waals surface area contributed by atoms with Crippen LogP contribution in [0.25, 0.3) is 0 Å². The van der Waals surface area contributed by atoms with Crippen molar-refractivity contribution >= 4 is 5.91 Å². The van der Waals surface area contributed by atoms with Crippen molar-refractivity contribution in [2.24, 2.45) is 11.8 Å². The van der Waals surface area contributed by atoms with Crippen LogP contribution in [0.3, 0.4) is 0 Å². The molecule has 0 bridgehead atoms. The smallest absolute Gasteiger partial charge is 0.236 e. The molecule has 1 aromatic heterocycles. The van der Waals surface area contributed by atoms with Crippen LogP contribution in [-0.2, 0) is 16.6 Å². The van der Waals surface area contributed by atoms with Gasteiger partial charge in [0.2, 0.25) is 11.8 Å². The monoisotopic (exact) mass is 382 g/mol. The van der Waals surface area contributed by atoms with Crippen LogP contribution >= 0.6 is 0 Å². The average molecular weight is 383 g/mol. The summed E-state index contributed by atoms with van der Waals surface area (Å²) in [7, 11) is 0. The standard InChI is InChI=1S/C22H30N4O2/c1-16(2)20(27)26-12-10-19-13-25(11-9-18-7-5-4-6-8-18)14-22(19,15-26)21-23-17(3)24-28-21/h4-8,16,19H,9-15H2,1-3H3/t19-,22+/m0/s1. The van der Waals surface area contributed by atoms with Gasteiger partial charge in [-0.15, -0.1) is 0 Å². The van der Waals surface area contributed by atoms with Gasteiger partial charge < -0.3 is 14.3 Å². The van der Waals surface area contributed by atoms with Gasteiger partial charge >= 0.3 is 0 Å². The van der Waals surface area contributed by atoms with Crippen molar-refractivity contribution in [2.45, 2.75) is 39.0 Å². The number of hydrogen-bond acceptors (Lipinski definition) is 5. The molecule has 2 aliphatic rings. The molecule has 0 unspecified atom stereocenters. The van der Waals surface area contributed by atoms with Crippen molar-refractivity contribution in [1.82, 2.24) is 19.9 Å². The molecular formula is C22H30N4O2. The van der Waals surface area contributed by atoms with E-state index in [1.165, 1.54) is 5.56 Å². The lowest BCUT2D eigenvalue weighted by molar-refractivity contribution is -0.137. The largest absolute Gasteiger partial charge is 0.341 e. The molecule has 2 fully saturated rings. The number of carbonyl (C=O) groups is 1. The Morgan fingerprint density at radius 1 is 1.29 bits per heavy atom. The highest BCUT2D eigenvalue weighted by molar-refractivity contribution is 5.78. The first-order valence-electron chi connectivity index (χ1n) is 10.3. The van der Waals surface area contributed by atoms with Crippen molar-refractivity contribution in [3.05, 3.63) is 47.6 Å². The van der Waals surface area contributed by atoms with Gasteiger partial charge in [-0.3, -0.25) is 4.79 Å². The van der Waals surface area contributed by atoms with Crippen LogP contribution in [0.5, 0.6) is 0 Å². The zero-order valence-electron chi connectivity index (χ0n) is 17.1. The van der Waals surface area contributed by atoms with E-state index < -0.39 is 0 Å². The van der Waals surface area contributed by atoms with Gasteiger partial charge in [0.15, 0.2) is 5.82 Å². The molecule has 0 saturated carbocycles. The van der Waals surface area contributed by atoms with Crippen LogP contribution in [0, 0.1) is 18.8 Å². The van der Waals surface area contributed by atoms with Gasteiger partial charge in [-0.25, -0.2) is 0 Å². The first-order chi connectivity index (χ1) is 13.5. The number of carbonyl (C=O) groups excluding carboxylic acids is 1. The highest BCUT2D eigenvalue weighted by Gasteiger charge is 2.54. The summed E-state index contributed by atoms with van der Waals surface area (Å²) in [6.07, 6.45) is 2.02. The highest BCUT2D eigenvalue weighted by atomic mass is 16.5. The quantitative estimate of drug-likeness (QED) is 0.796. The van der Waals surface area contributed by atoms with Crippen LogP contribution < -0.4 is 0 Å². The van der Waals surface area contributed by atoms with Gasteiger partial charge in [-0.2, -0.15) is 4.98 Å². The Balaban J connectivity index is 1.55. The SMILES string of the molecule is Cc1noc([C@@]23CN(CCc4ccccc4)C[C@@H]2CCN(C(=O)C(C)C)C3)n1. The maximum atomic E-state index is 12.7. The molecule has 0 radical (unpaired) electrons. The van der Waals surface area contributed by atoms with Crippen molar-refractivity contribution in [3.63, 3.8) is 0 Å². The van der Waals surface area contributed by atoms with Gasteiger partial charge in [0.05, 0.1) is 5.41 Å². The predicted molar refractivity (Wildman–Crippen MR) is 107 cm³/mol. The number of benzene rings is 1. The Labute approximate surface area is 166 Å². The Bertz CT molecular complexity index is 819. The zero-order chi connectivity index (χ0) is 19.7. The molecule has 2 atom stereocenters. The Hall–Kier alpha value is -2.21. The number of nitrogens with zero attached hydrogens (tertiary/aromatic N) is 4. The molecule has 6 heteroatoms. The third-order valence-electron chi connectivity index (χ3n) is 6.30. The molecule has 2 saturated heterocycles. The molecule has 0 spiro atoms. The molecule has 28 heavy (non-hydrogen) atoms. The van der Waals surface area contributed by atoms with E-state index in [1.807, 2.05) is 25.7 Å². The van der Waals surface area contributed by atoms with Crippen LogP contribution in [0.2, 0.25) is 0 Å². The fourth-order valence-corrected chi connectivity index (χ4v) is 4.82. The summed E-state index contributed by atoms with van der Waals surface area (Å²) in [4.78, 5) is 21.8. The lowest BCUT2D eigenvalue weighted by atomic mass is 9.73. The lowest BCUT2D eigenvalue weighted by Crippen LogP contribution is -2.54. The first kappa shape index (κ1) is 19.1. The van der Waals surface area contributed by atoms with E-state index in [0.717, 1.165) is 39.0 Å². The van der Waals surface area contributed by atoms with E-state index in [0.29, 0.717) is 24.2 Å². The molecule has 1 aromatic carbocycles. The molecule has 0 N–H and O–H groups in total. The predicted octanol–water partition coefficient (Wildman–Crippen LogP) is 2.68. The van der Waals surface area contributed by atoms with Gasteiger partial charge in [0.25, 0.3) is 0 Å². The minimum Gasteiger partial charge on any atom is -0.341 e. The Morgan fingerprint density at radius 3 is 2.75 bits per heavy atom. The second kappa shape index (κ2) is 7.66. The number of piperidine rings is 1. The van der Waals surface area contributed by atoms with E-state index >= 15 is 0 Å². The number of aromatic nitrogens is 2. The number of amides is 1. The summed E-state index contributed by atoms with van der Waals surface area (Å²) < 4.78 is 5.68. The van der Waals surface area contributed by atoms with Crippen LogP contribution in [0.4, 0.5) is 0 Å². The van der Waals surface area contributed by atoms with Crippen molar-refractivity contribution in [1.29, 1.82) is 0 Å². The number of fused-ring (bicyclic) bond motifs is 1. The summed E-state index contributed by atoms with van der Waals surface area (Å²) >= 11 is 0. The third-order valence-corrected chi connectivity index (χ3v) is 6.30. The minimum atomic E-state index is -0.249. The molecular weight excluding hydrogens is 352 g/mol. The second-order valence-corrected chi connectivity index (χ2v) is 8.67. The second-order valence-electron chi connectivity index (χ2n) is 8.67. The summed E-state index contributed by atoms with van der Waals surface area (Å²) in [6.45, 7) is 10.2. The van der Waals surface area contributed by atoms with Crippen LogP contribution in [-0.4, -0.2) is 58.6 Å². The average Bonchev–Trinajstić information content (AvgIpc) is 3.30. The molecule has 2 aromatic rings. The molecule has 0 aliphatic carbocycles. The molecule has 150 valence electrons. The maximum Gasteiger partial charge on any atom is 0.236 e. The summed E-state index contributed by atoms with van der Waals surface area (Å²) in [6, 6.07) is 10.6. The van der Waals surface area contributed by atoms with Gasteiger partial charge in [-0.05, 0) is 31.2 Å². The number of hydrogen-bond donors (Lipinski definition) is 0. The molecule has 3 heterocycles. The summed E-state index contributed by atoms with van der Waals surface area (Å²) in [5, 5.41) is 4.06. The summed E-state index contributed by atoms with van der Waals surface area (Å²) in [5.41, 5.74) is 1.11. The molecule has 2 aliphatic heterocycles. The van der Waals surface area contributed by atoms with Gasteiger partial charge in [0, 0.05) is 38.6 Å². The third kappa shape index (κ3) is 3.58. The van der Waals surface area contributed by atoms with E-state index in [-0.39, 0.29) is 17.2 Å². The Morgan fingerprint density at radius 2 is 2.07 bits per heavy atom. The zero-order valence-corrected chi connectivity index (χ0v) is 17.1. The van der Waals surface area contributed by atoms with E-state index in [1.54, 1.807) is 0 Å². The van der Waals surface area contributed by atoms with Crippen molar-refractivity contribution in [3.8, 4) is 0 Å². The van der Waals surface area contributed by atoms with E-state index in [9.17, 15) is 4.79 Å². The van der Waals surface area contributed by atoms with E-state index in [2.05, 4.69) is 45.4 Å². The fraction of sp³-hybridized carbons (Fsp3) is 0.591. The molecule has 6 nitrogen and oxygen atoms in total. The molecule has 4 rings (SSSR count). The summed E-state index contributed by atoms with van der Waals surface area (Å²) in [5.74, 6) is 2.04. The van der Waals surface area contributed by atoms with Crippen molar-refractivity contribution in [2.75, 3.05) is 32.7 Å². The van der Waals surface area contributed by atoms with Crippen LogP contribution in [0.15, 0.2) is 34.9 Å². The van der Waals surface area contributed by atoms with E-state index in [4.69, 9.17) is 4.52 Å². The number of aryl methyl sites for hydroxylation is 1. The van der Waals surface area contributed by atoms with Gasteiger partial charge in [-0.1, -0.05) is 49.3 Å². The Kier molecular flexibility index (Phi) is 5.23. The lowest BCUT2D eigenvalue weighted by Gasteiger charge is -2.42. The maximum absolute atomic E-state index is 12.7. The minimum absolute atomic E-state index is 0.00797. The number of rotatable bonds is 5. The first-order valence-corrected chi connectivity index (χ1v) is 10.3. The van der Waals surface area contributed by atoms with Crippen LogP contribution in [0.1, 0.15) is 37.5 Å². The number of likely N-dealkylation sites (tertiary alicyclic amines) is 2. The topological polar surface area (TPSA) is 62.5 Å². The van der Waals surface area contributed by atoms with Crippen molar-refractivity contribution < 1.29 is 9.32 Å².